The highest BCUT2D eigenvalue weighted by Crippen LogP contribution is 2.14. The highest BCUT2D eigenvalue weighted by molar-refractivity contribution is 6.39. The van der Waals surface area contributed by atoms with Crippen LogP contribution >= 0.6 is 0 Å². The van der Waals surface area contributed by atoms with E-state index in [2.05, 4.69) is 15.8 Å². The molecule has 0 saturated heterocycles. The smallest absolute Gasteiger partial charge is 0.329 e. The molecule has 0 aromatic heterocycles. The Kier molecular flexibility index (Phi) is 5.90. The summed E-state index contributed by atoms with van der Waals surface area (Å²) in [4.78, 5) is 23.5. The molecule has 2 amide bonds. The lowest BCUT2D eigenvalue weighted by molar-refractivity contribution is -0.136. The quantitative estimate of drug-likeness (QED) is 0.498. The van der Waals surface area contributed by atoms with Crippen LogP contribution in [-0.2, 0) is 9.59 Å². The van der Waals surface area contributed by atoms with E-state index in [1.54, 1.807) is 62.8 Å². The Morgan fingerprint density at radius 1 is 0.958 bits per heavy atom. The normalized spacial score (nSPS) is 10.2. The molecule has 2 aromatic rings. The van der Waals surface area contributed by atoms with Crippen molar-refractivity contribution in [2.24, 2.45) is 5.10 Å². The third-order valence-corrected chi connectivity index (χ3v) is 3.03. The molecule has 0 heterocycles. The summed E-state index contributed by atoms with van der Waals surface area (Å²) in [5, 5.41) is 6.21. The molecule has 24 heavy (non-hydrogen) atoms. The second-order valence-corrected chi connectivity index (χ2v) is 4.66. The fourth-order valence-electron chi connectivity index (χ4n) is 1.80. The number of ether oxygens (including phenoxy) is 2. The molecule has 0 unspecified atom stereocenters. The number of carbonyl (C=O) groups is 2. The molecule has 0 saturated carbocycles. The molecular weight excluding hydrogens is 310 g/mol. The number of methoxy groups -OCH3 is 2. The van der Waals surface area contributed by atoms with Crippen molar-refractivity contribution in [3.05, 3.63) is 54.1 Å². The van der Waals surface area contributed by atoms with Gasteiger partial charge in [-0.05, 0) is 42.0 Å². The Balaban J connectivity index is 1.88. The summed E-state index contributed by atoms with van der Waals surface area (Å²) in [7, 11) is 3.10. The predicted molar refractivity (Wildman–Crippen MR) is 90.4 cm³/mol. The minimum atomic E-state index is -0.870. The molecule has 2 rings (SSSR count). The zero-order chi connectivity index (χ0) is 17.4. The first kappa shape index (κ1) is 17.0. The second kappa shape index (κ2) is 8.33. The van der Waals surface area contributed by atoms with Crippen molar-refractivity contribution in [2.45, 2.75) is 0 Å². The van der Waals surface area contributed by atoms with Crippen LogP contribution in [0, 0.1) is 0 Å². The summed E-state index contributed by atoms with van der Waals surface area (Å²) < 4.78 is 10.1. The van der Waals surface area contributed by atoms with Gasteiger partial charge in [0.2, 0.25) is 0 Å². The number of carbonyl (C=O) groups excluding carboxylic acids is 2. The summed E-state index contributed by atoms with van der Waals surface area (Å²) in [5.74, 6) is -0.365. The van der Waals surface area contributed by atoms with E-state index in [1.807, 2.05) is 0 Å². The van der Waals surface area contributed by atoms with Crippen LogP contribution in [-0.4, -0.2) is 32.2 Å². The molecule has 0 bridgehead atoms. The fraction of sp³-hybridized carbons (Fsp3) is 0.118. The van der Waals surface area contributed by atoms with Crippen molar-refractivity contribution in [3.8, 4) is 11.5 Å². The van der Waals surface area contributed by atoms with Crippen LogP contribution in [0.3, 0.4) is 0 Å². The third-order valence-electron chi connectivity index (χ3n) is 3.03. The van der Waals surface area contributed by atoms with Crippen molar-refractivity contribution in [3.63, 3.8) is 0 Å². The number of hydrazone groups is 1. The number of rotatable bonds is 5. The standard InChI is InChI=1S/C17H17N3O4/c1-23-14-8-6-13(7-9-14)19-16(21)17(22)20-18-11-12-4-3-5-15(10-12)24-2/h3-11H,1-2H3,(H,19,21)(H,20,22)/b18-11-. The van der Waals surface area contributed by atoms with Crippen LogP contribution in [0.2, 0.25) is 0 Å². The maximum Gasteiger partial charge on any atom is 0.329 e. The Bertz CT molecular complexity index is 742. The number of nitrogens with one attached hydrogen (secondary N) is 2. The van der Waals surface area contributed by atoms with Crippen LogP contribution in [0.15, 0.2) is 53.6 Å². The number of hydrogen-bond donors (Lipinski definition) is 2. The first-order chi connectivity index (χ1) is 11.6. The zero-order valence-electron chi connectivity index (χ0n) is 13.3. The van der Waals surface area contributed by atoms with E-state index in [9.17, 15) is 9.59 Å². The predicted octanol–water partition coefficient (Wildman–Crippen LogP) is 1.79. The number of hydrogen-bond acceptors (Lipinski definition) is 5. The van der Waals surface area contributed by atoms with Crippen molar-refractivity contribution >= 4 is 23.7 Å². The second-order valence-electron chi connectivity index (χ2n) is 4.66. The molecule has 0 radical (unpaired) electrons. The Morgan fingerprint density at radius 3 is 2.33 bits per heavy atom. The number of amides is 2. The van der Waals surface area contributed by atoms with E-state index >= 15 is 0 Å². The van der Waals surface area contributed by atoms with Crippen molar-refractivity contribution in [1.29, 1.82) is 0 Å². The van der Waals surface area contributed by atoms with Gasteiger partial charge in [-0.25, -0.2) is 5.43 Å². The topological polar surface area (TPSA) is 89.0 Å². The SMILES string of the molecule is COc1ccc(NC(=O)C(=O)N/N=C\c2cccc(OC)c2)cc1. The van der Waals surface area contributed by atoms with Gasteiger partial charge in [0, 0.05) is 5.69 Å². The van der Waals surface area contributed by atoms with Gasteiger partial charge in [0.25, 0.3) is 0 Å². The molecule has 7 nitrogen and oxygen atoms in total. The molecule has 0 aliphatic carbocycles. The van der Waals surface area contributed by atoms with Crippen LogP contribution in [0.25, 0.3) is 0 Å². The van der Waals surface area contributed by atoms with Gasteiger partial charge in [0.15, 0.2) is 0 Å². The average Bonchev–Trinajstić information content (AvgIpc) is 2.62. The first-order valence-corrected chi connectivity index (χ1v) is 7.05. The Morgan fingerprint density at radius 2 is 1.67 bits per heavy atom. The lowest BCUT2D eigenvalue weighted by atomic mass is 10.2. The van der Waals surface area contributed by atoms with E-state index in [0.717, 1.165) is 5.56 Å². The number of anilines is 1. The van der Waals surface area contributed by atoms with Crippen LogP contribution in [0.4, 0.5) is 5.69 Å². The monoisotopic (exact) mass is 327 g/mol. The number of benzene rings is 2. The molecule has 124 valence electrons. The van der Waals surface area contributed by atoms with Gasteiger partial charge < -0.3 is 14.8 Å². The molecule has 0 spiro atoms. The van der Waals surface area contributed by atoms with Crippen LogP contribution in [0.1, 0.15) is 5.56 Å². The van der Waals surface area contributed by atoms with E-state index in [-0.39, 0.29) is 0 Å². The molecule has 0 atom stereocenters. The summed E-state index contributed by atoms with van der Waals surface area (Å²) in [6.45, 7) is 0. The highest BCUT2D eigenvalue weighted by atomic mass is 16.5. The van der Waals surface area contributed by atoms with Gasteiger partial charge in [-0.3, -0.25) is 9.59 Å². The molecule has 7 heteroatoms. The molecule has 0 fully saturated rings. The number of nitrogens with zero attached hydrogens (tertiary/aromatic N) is 1. The van der Waals surface area contributed by atoms with Crippen molar-refractivity contribution in [2.75, 3.05) is 19.5 Å². The van der Waals surface area contributed by atoms with Gasteiger partial charge in [-0.15, -0.1) is 0 Å². The maximum absolute atomic E-state index is 11.8. The zero-order valence-corrected chi connectivity index (χ0v) is 13.3. The van der Waals surface area contributed by atoms with Gasteiger partial charge >= 0.3 is 11.8 Å². The minimum absolute atomic E-state index is 0.479. The fourth-order valence-corrected chi connectivity index (χ4v) is 1.80. The Hall–Kier alpha value is -3.35. The first-order valence-electron chi connectivity index (χ1n) is 7.05. The molecule has 2 N–H and O–H groups in total. The van der Waals surface area contributed by atoms with Crippen molar-refractivity contribution in [1.82, 2.24) is 5.43 Å². The lowest BCUT2D eigenvalue weighted by Crippen LogP contribution is -2.32. The minimum Gasteiger partial charge on any atom is -0.497 e. The Labute approximate surface area is 139 Å². The van der Waals surface area contributed by atoms with Crippen LogP contribution in [0.5, 0.6) is 11.5 Å². The summed E-state index contributed by atoms with van der Waals surface area (Å²) in [5.41, 5.74) is 3.37. The van der Waals surface area contributed by atoms with E-state index in [0.29, 0.717) is 17.2 Å². The van der Waals surface area contributed by atoms with Gasteiger partial charge in [-0.1, -0.05) is 12.1 Å². The van der Waals surface area contributed by atoms with E-state index < -0.39 is 11.8 Å². The maximum atomic E-state index is 11.8. The largest absolute Gasteiger partial charge is 0.497 e. The average molecular weight is 327 g/mol. The van der Waals surface area contributed by atoms with Crippen LogP contribution < -0.4 is 20.2 Å². The van der Waals surface area contributed by atoms with E-state index in [1.165, 1.54) is 6.21 Å². The van der Waals surface area contributed by atoms with Gasteiger partial charge in [0.05, 0.1) is 20.4 Å². The van der Waals surface area contributed by atoms with E-state index in [4.69, 9.17) is 9.47 Å². The summed E-state index contributed by atoms with van der Waals surface area (Å²) >= 11 is 0. The molecular formula is C17H17N3O4. The molecule has 2 aromatic carbocycles. The summed E-state index contributed by atoms with van der Waals surface area (Å²) in [6.07, 6.45) is 1.42. The lowest BCUT2D eigenvalue weighted by Gasteiger charge is -2.05. The molecule has 0 aliphatic heterocycles. The van der Waals surface area contributed by atoms with Gasteiger partial charge in [-0.2, -0.15) is 5.10 Å². The van der Waals surface area contributed by atoms with Crippen molar-refractivity contribution < 1.29 is 19.1 Å². The van der Waals surface area contributed by atoms with Gasteiger partial charge in [0.1, 0.15) is 11.5 Å². The molecule has 0 aliphatic rings. The third kappa shape index (κ3) is 4.84. The highest BCUT2D eigenvalue weighted by Gasteiger charge is 2.12. The summed E-state index contributed by atoms with van der Waals surface area (Å²) in [6, 6.07) is 13.7.